The number of anilines is 2. The van der Waals surface area contributed by atoms with Gasteiger partial charge in [0.25, 0.3) is 5.91 Å². The molecule has 0 aromatic heterocycles. The first-order valence-electron chi connectivity index (χ1n) is 6.50. The predicted octanol–water partition coefficient (Wildman–Crippen LogP) is 3.04. The van der Waals surface area contributed by atoms with Gasteiger partial charge in [0.15, 0.2) is 6.61 Å². The Hall–Kier alpha value is -2.56. The molecule has 0 heterocycles. The molecule has 0 unspecified atom stereocenters. The number of ether oxygens (including phenoxy) is 1. The lowest BCUT2D eigenvalue weighted by molar-refractivity contribution is -0.118. The van der Waals surface area contributed by atoms with Crippen molar-refractivity contribution in [1.82, 2.24) is 0 Å². The number of rotatable bonds is 4. The van der Waals surface area contributed by atoms with Gasteiger partial charge in [-0.2, -0.15) is 0 Å². The second-order valence-electron chi connectivity index (χ2n) is 4.82. The van der Waals surface area contributed by atoms with Gasteiger partial charge < -0.3 is 15.8 Å². The van der Waals surface area contributed by atoms with Gasteiger partial charge in [-0.25, -0.2) is 4.39 Å². The van der Waals surface area contributed by atoms with E-state index in [0.717, 1.165) is 5.56 Å². The van der Waals surface area contributed by atoms with Crippen LogP contribution < -0.4 is 15.8 Å². The highest BCUT2D eigenvalue weighted by molar-refractivity contribution is 5.92. The van der Waals surface area contributed by atoms with Crippen molar-refractivity contribution in [3.8, 4) is 5.75 Å². The first-order chi connectivity index (χ1) is 9.95. The van der Waals surface area contributed by atoms with Crippen LogP contribution in [-0.4, -0.2) is 12.5 Å². The largest absolute Gasteiger partial charge is 0.484 e. The summed E-state index contributed by atoms with van der Waals surface area (Å²) < 4.78 is 18.4. The number of amides is 1. The lowest BCUT2D eigenvalue weighted by Crippen LogP contribution is -2.20. The molecule has 0 fully saturated rings. The highest BCUT2D eigenvalue weighted by Gasteiger charge is 2.06. The summed E-state index contributed by atoms with van der Waals surface area (Å²) in [5.74, 6) is -0.158. The molecule has 1 amide bonds. The number of halogens is 1. The van der Waals surface area contributed by atoms with Crippen LogP contribution >= 0.6 is 0 Å². The number of hydrogen-bond acceptors (Lipinski definition) is 3. The lowest BCUT2D eigenvalue weighted by Gasteiger charge is -2.09. The number of nitrogens with two attached hydrogens (primary N) is 1. The Kier molecular flexibility index (Phi) is 4.42. The molecule has 110 valence electrons. The summed E-state index contributed by atoms with van der Waals surface area (Å²) in [5, 5.41) is 2.69. The third-order valence-electron chi connectivity index (χ3n) is 3.06. The van der Waals surface area contributed by atoms with Gasteiger partial charge in [0.05, 0.1) is 0 Å². The van der Waals surface area contributed by atoms with Gasteiger partial charge in [-0.05, 0) is 55.3 Å². The standard InChI is InChI=1S/C16H17FN2O2/c1-10-3-4-12(8-15(10)18)19-16(20)9-21-13-5-6-14(17)11(2)7-13/h3-8H,9,18H2,1-2H3,(H,19,20). The van der Waals surface area contributed by atoms with Gasteiger partial charge in [0, 0.05) is 11.4 Å². The minimum atomic E-state index is -0.305. The average Bonchev–Trinajstić information content (AvgIpc) is 2.44. The van der Waals surface area contributed by atoms with Crippen molar-refractivity contribution in [3.63, 3.8) is 0 Å². The molecule has 2 rings (SSSR count). The number of hydrogen-bond donors (Lipinski definition) is 2. The van der Waals surface area contributed by atoms with E-state index in [-0.39, 0.29) is 18.3 Å². The second kappa shape index (κ2) is 6.26. The van der Waals surface area contributed by atoms with E-state index in [9.17, 15) is 9.18 Å². The van der Waals surface area contributed by atoms with Crippen LogP contribution in [0.2, 0.25) is 0 Å². The van der Waals surface area contributed by atoms with Gasteiger partial charge in [-0.3, -0.25) is 4.79 Å². The Labute approximate surface area is 122 Å². The minimum Gasteiger partial charge on any atom is -0.484 e. The number of carbonyl (C=O) groups excluding carboxylic acids is 1. The Balaban J connectivity index is 1.92. The summed E-state index contributed by atoms with van der Waals surface area (Å²) in [6, 6.07) is 9.63. The molecular weight excluding hydrogens is 271 g/mol. The molecule has 4 nitrogen and oxygen atoms in total. The van der Waals surface area contributed by atoms with Gasteiger partial charge in [-0.1, -0.05) is 6.07 Å². The number of carbonyl (C=O) groups is 1. The number of nitrogen functional groups attached to an aromatic ring is 1. The van der Waals surface area contributed by atoms with Gasteiger partial charge in [-0.15, -0.1) is 0 Å². The topological polar surface area (TPSA) is 64.3 Å². The van der Waals surface area contributed by atoms with E-state index in [1.165, 1.54) is 12.1 Å². The molecule has 2 aromatic carbocycles. The molecule has 3 N–H and O–H groups in total. The van der Waals surface area contributed by atoms with Crippen LogP contribution in [0.15, 0.2) is 36.4 Å². The van der Waals surface area contributed by atoms with Crippen LogP contribution in [0.1, 0.15) is 11.1 Å². The maximum Gasteiger partial charge on any atom is 0.262 e. The minimum absolute atomic E-state index is 0.154. The highest BCUT2D eigenvalue weighted by atomic mass is 19.1. The molecule has 0 radical (unpaired) electrons. The van der Waals surface area contributed by atoms with Crippen LogP contribution in [-0.2, 0) is 4.79 Å². The first-order valence-corrected chi connectivity index (χ1v) is 6.50. The van der Waals surface area contributed by atoms with E-state index in [4.69, 9.17) is 10.5 Å². The molecule has 0 spiro atoms. The van der Waals surface area contributed by atoms with Crippen molar-refractivity contribution in [2.24, 2.45) is 0 Å². The number of nitrogens with one attached hydrogen (secondary N) is 1. The van der Waals surface area contributed by atoms with Gasteiger partial charge >= 0.3 is 0 Å². The maximum atomic E-state index is 13.1. The molecule has 0 saturated carbocycles. The average molecular weight is 288 g/mol. The molecule has 21 heavy (non-hydrogen) atoms. The number of benzene rings is 2. The third kappa shape index (κ3) is 3.95. The van der Waals surface area contributed by atoms with E-state index in [1.807, 2.05) is 13.0 Å². The quantitative estimate of drug-likeness (QED) is 0.850. The van der Waals surface area contributed by atoms with Crippen molar-refractivity contribution in [2.45, 2.75) is 13.8 Å². The van der Waals surface area contributed by atoms with E-state index in [2.05, 4.69) is 5.32 Å². The normalized spacial score (nSPS) is 10.2. The van der Waals surface area contributed by atoms with Crippen LogP contribution in [0.5, 0.6) is 5.75 Å². The van der Waals surface area contributed by atoms with Gasteiger partial charge in [0.2, 0.25) is 0 Å². The molecule has 0 atom stereocenters. The molecule has 5 heteroatoms. The monoisotopic (exact) mass is 288 g/mol. The van der Waals surface area contributed by atoms with Crippen molar-refractivity contribution in [1.29, 1.82) is 0 Å². The Morgan fingerprint density at radius 2 is 1.95 bits per heavy atom. The molecule has 2 aromatic rings. The van der Waals surface area contributed by atoms with E-state index in [0.29, 0.717) is 22.7 Å². The van der Waals surface area contributed by atoms with Crippen molar-refractivity contribution >= 4 is 17.3 Å². The summed E-state index contributed by atoms with van der Waals surface area (Å²) in [5.41, 5.74) is 8.42. The van der Waals surface area contributed by atoms with E-state index in [1.54, 1.807) is 25.1 Å². The fraction of sp³-hybridized carbons (Fsp3) is 0.188. The zero-order valence-corrected chi connectivity index (χ0v) is 11.9. The predicted molar refractivity (Wildman–Crippen MR) is 80.9 cm³/mol. The van der Waals surface area contributed by atoms with Crippen LogP contribution in [0.3, 0.4) is 0 Å². The van der Waals surface area contributed by atoms with Gasteiger partial charge in [0.1, 0.15) is 11.6 Å². The molecule has 0 bridgehead atoms. The molecule has 0 aliphatic heterocycles. The van der Waals surface area contributed by atoms with Crippen LogP contribution in [0.25, 0.3) is 0 Å². The van der Waals surface area contributed by atoms with E-state index < -0.39 is 0 Å². The SMILES string of the molecule is Cc1ccc(NC(=O)COc2ccc(F)c(C)c2)cc1N. The smallest absolute Gasteiger partial charge is 0.262 e. The zero-order valence-electron chi connectivity index (χ0n) is 11.9. The summed E-state index contributed by atoms with van der Waals surface area (Å²) in [6.07, 6.45) is 0. The fourth-order valence-corrected chi connectivity index (χ4v) is 1.77. The zero-order chi connectivity index (χ0) is 15.4. The summed E-state index contributed by atoms with van der Waals surface area (Å²) in [7, 11) is 0. The van der Waals surface area contributed by atoms with Crippen molar-refractivity contribution < 1.29 is 13.9 Å². The van der Waals surface area contributed by atoms with E-state index >= 15 is 0 Å². The second-order valence-corrected chi connectivity index (χ2v) is 4.82. The maximum absolute atomic E-state index is 13.1. The Morgan fingerprint density at radius 3 is 2.62 bits per heavy atom. The molecule has 0 saturated heterocycles. The first kappa shape index (κ1) is 14.8. The Bertz CT molecular complexity index is 671. The summed E-state index contributed by atoms with van der Waals surface area (Å²) in [6.45, 7) is 3.37. The lowest BCUT2D eigenvalue weighted by atomic mass is 10.2. The van der Waals surface area contributed by atoms with Crippen LogP contribution in [0, 0.1) is 19.7 Å². The molecular formula is C16H17FN2O2. The third-order valence-corrected chi connectivity index (χ3v) is 3.06. The summed E-state index contributed by atoms with van der Waals surface area (Å²) in [4.78, 5) is 11.8. The Morgan fingerprint density at radius 1 is 1.19 bits per heavy atom. The molecule has 0 aliphatic carbocycles. The van der Waals surface area contributed by atoms with Crippen molar-refractivity contribution in [3.05, 3.63) is 53.3 Å². The fourth-order valence-electron chi connectivity index (χ4n) is 1.77. The number of aryl methyl sites for hydroxylation is 2. The van der Waals surface area contributed by atoms with Crippen LogP contribution in [0.4, 0.5) is 15.8 Å². The summed E-state index contributed by atoms with van der Waals surface area (Å²) >= 11 is 0. The van der Waals surface area contributed by atoms with Crippen molar-refractivity contribution in [2.75, 3.05) is 17.7 Å². The highest BCUT2D eigenvalue weighted by Crippen LogP contribution is 2.18. The molecule has 0 aliphatic rings.